The third-order valence-corrected chi connectivity index (χ3v) is 3.20. The lowest BCUT2D eigenvalue weighted by atomic mass is 9.96. The molecule has 3 nitrogen and oxygen atoms in total. The Morgan fingerprint density at radius 2 is 2.24 bits per heavy atom. The molecule has 2 unspecified atom stereocenters. The van der Waals surface area contributed by atoms with E-state index in [-0.39, 0.29) is 17.5 Å². The monoisotopic (exact) mass is 237 g/mol. The number of nitrogens with one attached hydrogen (secondary N) is 1. The second-order valence-electron chi connectivity index (χ2n) is 4.48. The molecule has 2 N–H and O–H groups in total. The highest BCUT2D eigenvalue weighted by atomic mass is 19.1. The third kappa shape index (κ3) is 2.05. The topological polar surface area (TPSA) is 49.3 Å². The Bertz CT molecular complexity index is 459. The molecule has 1 aliphatic heterocycles. The van der Waals surface area contributed by atoms with Crippen molar-refractivity contribution in [2.45, 2.75) is 38.7 Å². The summed E-state index contributed by atoms with van der Waals surface area (Å²) in [5.74, 6) is -1.01. The second-order valence-corrected chi connectivity index (χ2v) is 4.48. The van der Waals surface area contributed by atoms with Crippen LogP contribution in [0.4, 0.5) is 10.1 Å². The van der Waals surface area contributed by atoms with Gasteiger partial charge in [0, 0.05) is 0 Å². The number of hydrogen-bond donors (Lipinski definition) is 2. The highest BCUT2D eigenvalue weighted by Gasteiger charge is 2.30. The van der Waals surface area contributed by atoms with Gasteiger partial charge in [-0.15, -0.1) is 0 Å². The largest absolute Gasteiger partial charge is 0.388 e. The van der Waals surface area contributed by atoms with E-state index in [1.54, 1.807) is 13.0 Å². The number of anilines is 1. The minimum absolute atomic E-state index is 0.193. The number of fused-ring (bicyclic) bond motifs is 1. The van der Waals surface area contributed by atoms with Crippen molar-refractivity contribution >= 4 is 11.6 Å². The van der Waals surface area contributed by atoms with Crippen molar-refractivity contribution in [1.82, 2.24) is 0 Å². The summed E-state index contributed by atoms with van der Waals surface area (Å²) in [7, 11) is 0. The molecule has 92 valence electrons. The highest BCUT2D eigenvalue weighted by molar-refractivity contribution is 6.02. The van der Waals surface area contributed by atoms with E-state index in [1.165, 1.54) is 6.07 Å². The molecular weight excluding hydrogens is 221 g/mol. The number of hydrogen-bond acceptors (Lipinski definition) is 2. The summed E-state index contributed by atoms with van der Waals surface area (Å²) < 4.78 is 13.8. The predicted octanol–water partition coefficient (Wildman–Crippen LogP) is 2.71. The summed E-state index contributed by atoms with van der Waals surface area (Å²) in [4.78, 5) is 11.4. The van der Waals surface area contributed by atoms with Gasteiger partial charge in [-0.1, -0.05) is 19.4 Å². The van der Waals surface area contributed by atoms with Gasteiger partial charge in [-0.05, 0) is 30.5 Å². The fourth-order valence-electron chi connectivity index (χ4n) is 2.13. The molecule has 0 aromatic heterocycles. The molecule has 0 aliphatic carbocycles. The molecular formula is C13H16FNO2. The molecule has 1 aromatic rings. The Kier molecular flexibility index (Phi) is 3.15. The number of benzene rings is 1. The zero-order chi connectivity index (χ0) is 12.6. The SMILES string of the molecule is CCCC(O)c1cc(F)c2c(c1)C(C)C(=O)N2. The maximum atomic E-state index is 13.8. The molecule has 2 rings (SSSR count). The lowest BCUT2D eigenvalue weighted by Gasteiger charge is -2.12. The van der Waals surface area contributed by atoms with Crippen LogP contribution in [0, 0.1) is 5.82 Å². The van der Waals surface area contributed by atoms with Crippen LogP contribution in [-0.4, -0.2) is 11.0 Å². The minimum atomic E-state index is -0.664. The molecule has 1 aliphatic rings. The van der Waals surface area contributed by atoms with Gasteiger partial charge in [-0.3, -0.25) is 4.79 Å². The lowest BCUT2D eigenvalue weighted by molar-refractivity contribution is -0.116. The summed E-state index contributed by atoms with van der Waals surface area (Å²) >= 11 is 0. The molecule has 1 heterocycles. The Morgan fingerprint density at radius 3 is 2.88 bits per heavy atom. The van der Waals surface area contributed by atoms with Crippen LogP contribution in [0.15, 0.2) is 12.1 Å². The molecule has 0 radical (unpaired) electrons. The van der Waals surface area contributed by atoms with Gasteiger partial charge in [0.15, 0.2) is 0 Å². The van der Waals surface area contributed by atoms with Crippen LogP contribution in [0.2, 0.25) is 0 Å². The van der Waals surface area contributed by atoms with Crippen molar-refractivity contribution < 1.29 is 14.3 Å². The van der Waals surface area contributed by atoms with E-state index in [0.29, 0.717) is 17.5 Å². The molecule has 0 saturated carbocycles. The van der Waals surface area contributed by atoms with Crippen molar-refractivity contribution in [2.24, 2.45) is 0 Å². The first-order valence-electron chi connectivity index (χ1n) is 5.86. The quantitative estimate of drug-likeness (QED) is 0.849. The van der Waals surface area contributed by atoms with Crippen molar-refractivity contribution in [3.63, 3.8) is 0 Å². The molecule has 2 atom stereocenters. The number of amides is 1. The maximum Gasteiger partial charge on any atom is 0.231 e. The normalized spacial score (nSPS) is 20.0. The van der Waals surface area contributed by atoms with Crippen LogP contribution in [-0.2, 0) is 4.79 Å². The lowest BCUT2D eigenvalue weighted by Crippen LogP contribution is -2.08. The number of carbonyl (C=O) groups excluding carboxylic acids is 1. The fraction of sp³-hybridized carbons (Fsp3) is 0.462. The molecule has 1 amide bonds. The number of carbonyl (C=O) groups is 1. The van der Waals surface area contributed by atoms with E-state index in [0.717, 1.165) is 6.42 Å². The summed E-state index contributed by atoms with van der Waals surface area (Å²) in [6, 6.07) is 3.03. The van der Waals surface area contributed by atoms with E-state index in [2.05, 4.69) is 5.32 Å². The maximum absolute atomic E-state index is 13.8. The van der Waals surface area contributed by atoms with Gasteiger partial charge in [0.25, 0.3) is 0 Å². The number of halogens is 1. The Balaban J connectivity index is 2.41. The molecule has 0 spiro atoms. The Hall–Kier alpha value is -1.42. The average molecular weight is 237 g/mol. The van der Waals surface area contributed by atoms with Gasteiger partial charge in [-0.2, -0.15) is 0 Å². The van der Waals surface area contributed by atoms with E-state index in [1.807, 2.05) is 6.92 Å². The zero-order valence-electron chi connectivity index (χ0n) is 9.96. The molecule has 17 heavy (non-hydrogen) atoms. The molecule has 4 heteroatoms. The summed E-state index contributed by atoms with van der Waals surface area (Å²) in [5.41, 5.74) is 1.45. The molecule has 0 saturated heterocycles. The first kappa shape index (κ1) is 12.0. The van der Waals surface area contributed by atoms with Crippen LogP contribution in [0.3, 0.4) is 0 Å². The van der Waals surface area contributed by atoms with E-state index in [4.69, 9.17) is 0 Å². The highest BCUT2D eigenvalue weighted by Crippen LogP contribution is 2.36. The smallest absolute Gasteiger partial charge is 0.231 e. The van der Waals surface area contributed by atoms with Crippen LogP contribution < -0.4 is 5.32 Å². The van der Waals surface area contributed by atoms with Crippen LogP contribution in [0.25, 0.3) is 0 Å². The first-order chi connectivity index (χ1) is 8.04. The van der Waals surface area contributed by atoms with Crippen molar-refractivity contribution in [3.05, 3.63) is 29.1 Å². The second kappa shape index (κ2) is 4.45. The van der Waals surface area contributed by atoms with Gasteiger partial charge in [-0.25, -0.2) is 4.39 Å². The van der Waals surface area contributed by atoms with Gasteiger partial charge < -0.3 is 10.4 Å². The molecule has 0 fully saturated rings. The summed E-state index contributed by atoms with van der Waals surface area (Å²) in [6.07, 6.45) is 0.753. The third-order valence-electron chi connectivity index (χ3n) is 3.20. The fourth-order valence-corrected chi connectivity index (χ4v) is 2.13. The average Bonchev–Trinajstić information content (AvgIpc) is 2.57. The van der Waals surface area contributed by atoms with Gasteiger partial charge in [0.05, 0.1) is 17.7 Å². The van der Waals surface area contributed by atoms with E-state index in [9.17, 15) is 14.3 Å². The van der Waals surface area contributed by atoms with E-state index >= 15 is 0 Å². The number of aliphatic hydroxyl groups is 1. The molecule has 1 aromatic carbocycles. The standard InChI is InChI=1S/C13H16FNO2/c1-3-4-11(16)8-5-9-7(2)13(17)15-12(9)10(14)6-8/h5-7,11,16H,3-4H2,1-2H3,(H,15,17). The predicted molar refractivity (Wildman–Crippen MR) is 63.3 cm³/mol. The molecule has 0 bridgehead atoms. The van der Waals surface area contributed by atoms with Gasteiger partial charge >= 0.3 is 0 Å². The Labute approximate surface area is 99.7 Å². The number of rotatable bonds is 3. The van der Waals surface area contributed by atoms with Gasteiger partial charge in [0.2, 0.25) is 5.91 Å². The minimum Gasteiger partial charge on any atom is -0.388 e. The van der Waals surface area contributed by atoms with Crippen molar-refractivity contribution in [2.75, 3.05) is 5.32 Å². The van der Waals surface area contributed by atoms with Crippen molar-refractivity contribution in [3.8, 4) is 0 Å². The van der Waals surface area contributed by atoms with Gasteiger partial charge in [0.1, 0.15) is 5.82 Å². The summed E-state index contributed by atoms with van der Waals surface area (Å²) in [5, 5.41) is 12.4. The summed E-state index contributed by atoms with van der Waals surface area (Å²) in [6.45, 7) is 3.69. The van der Waals surface area contributed by atoms with Crippen LogP contribution >= 0.6 is 0 Å². The zero-order valence-corrected chi connectivity index (χ0v) is 9.96. The van der Waals surface area contributed by atoms with E-state index < -0.39 is 11.9 Å². The number of aliphatic hydroxyl groups excluding tert-OH is 1. The van der Waals surface area contributed by atoms with Crippen molar-refractivity contribution in [1.29, 1.82) is 0 Å². The Morgan fingerprint density at radius 1 is 1.53 bits per heavy atom. The van der Waals surface area contributed by atoms with Crippen LogP contribution in [0.5, 0.6) is 0 Å². The first-order valence-corrected chi connectivity index (χ1v) is 5.86. The van der Waals surface area contributed by atoms with Crippen LogP contribution in [0.1, 0.15) is 49.8 Å².